The molecule has 0 heterocycles. The van der Waals surface area contributed by atoms with Crippen molar-refractivity contribution >= 4 is 26.0 Å². The van der Waals surface area contributed by atoms with Gasteiger partial charge in [0.2, 0.25) is 0 Å². The molecule has 1 atom stereocenters. The SMILES string of the molecule is [3H]P([B])(N)=S. The van der Waals surface area contributed by atoms with Crippen LogP contribution >= 0.6 is 6.67 Å². The summed E-state index contributed by atoms with van der Waals surface area (Å²) in [5.41, 5.74) is 4.72. The first-order chi connectivity index (χ1) is 2.00. The molecule has 0 saturated carbocycles. The fraction of sp³-hybridized carbons (Fsp3) is 0. The van der Waals surface area contributed by atoms with Gasteiger partial charge in [-0.05, 0) is 0 Å². The molecule has 1 unspecified atom stereocenters. The third-order valence-electron chi connectivity index (χ3n) is 0. The predicted molar refractivity (Wildman–Crippen MR) is 25.6 cm³/mol. The minimum Gasteiger partial charge on any atom is -0.312 e. The van der Waals surface area contributed by atoms with Gasteiger partial charge in [0.15, 0.2) is 0 Å². The van der Waals surface area contributed by atoms with Crippen molar-refractivity contribution in [3.05, 3.63) is 0 Å². The number of hydrogen-bond donors (Lipinski definition) is 1. The van der Waals surface area contributed by atoms with Gasteiger partial charge in [0.1, 0.15) is 7.57 Å². The first-order valence-corrected chi connectivity index (χ1v) is 3.19. The van der Waals surface area contributed by atoms with Gasteiger partial charge in [0.25, 0.3) is 0 Å². The zero-order valence-corrected chi connectivity index (χ0v) is 3.72. The van der Waals surface area contributed by atoms with E-state index in [1.807, 2.05) is 0 Å². The van der Waals surface area contributed by atoms with E-state index in [1.165, 1.54) is 0 Å². The molecule has 4 heteroatoms. The monoisotopic (exact) mass is 93.0 g/mol. The Morgan fingerprint density at radius 1 is 2.50 bits per heavy atom. The topological polar surface area (TPSA) is 26.0 Å². The molecular formula is H3BNPS. The molecule has 0 amide bonds. The zero-order chi connectivity index (χ0) is 4.50. The Balaban J connectivity index is 3.47. The molecule has 1 nitrogen and oxygen atoms in total. The first kappa shape index (κ1) is 2.89. The Morgan fingerprint density at radius 3 is 2.50 bits per heavy atom. The normalized spacial score (nSPS) is 26.8. The van der Waals surface area contributed by atoms with Gasteiger partial charge >= 0.3 is 0 Å². The molecule has 0 aromatic heterocycles. The van der Waals surface area contributed by atoms with Gasteiger partial charge in [-0.25, -0.2) is 0 Å². The van der Waals surface area contributed by atoms with Crippen LogP contribution in [0, 0.1) is 0 Å². The Labute approximate surface area is 33.7 Å². The molecule has 2 N–H and O–H groups in total. The van der Waals surface area contributed by atoms with E-state index in [-0.39, 0.29) is 0 Å². The van der Waals surface area contributed by atoms with E-state index >= 15 is 0 Å². The molecule has 0 aliphatic carbocycles. The zero-order valence-electron chi connectivity index (χ0n) is 3.01. The van der Waals surface area contributed by atoms with E-state index in [2.05, 4.69) is 11.8 Å². The van der Waals surface area contributed by atoms with E-state index in [9.17, 15) is 0 Å². The van der Waals surface area contributed by atoms with Crippen LogP contribution in [0.1, 0.15) is 0 Å². The molecule has 0 saturated heterocycles. The maximum atomic E-state index is 6.42. The predicted octanol–water partition coefficient (Wildman–Crippen LogP) is -0.380. The average Bonchev–Trinajstić information content (AvgIpc) is 0.722. The maximum Gasteiger partial charge on any atom is 0.139 e. The fourth-order valence-corrected chi connectivity index (χ4v) is 0. The maximum absolute atomic E-state index is 6.42. The molecule has 2 radical (unpaired) electrons. The lowest BCUT2D eigenvalue weighted by Crippen LogP contribution is -1.69. The second kappa shape index (κ2) is 1.95. The van der Waals surface area contributed by atoms with Crippen LogP contribution in [0.25, 0.3) is 0 Å². The van der Waals surface area contributed by atoms with E-state index in [0.29, 0.717) is 0 Å². The Bertz CT molecular complexity index is 57.8. The summed E-state index contributed by atoms with van der Waals surface area (Å²) in [6.07, 6.45) is 0. The van der Waals surface area contributed by atoms with Crippen LogP contribution in [0.3, 0.4) is 0 Å². The van der Waals surface area contributed by atoms with Crippen molar-refractivity contribution in [2.75, 3.05) is 0 Å². The van der Waals surface area contributed by atoms with Gasteiger partial charge < -0.3 is 5.50 Å². The summed E-state index contributed by atoms with van der Waals surface area (Å²) in [6.45, 7) is -2.56. The largest absolute Gasteiger partial charge is 0.312 e. The number of hydrogen-bond acceptors (Lipinski definition) is 1. The number of rotatable bonds is 0. The molecule has 0 bridgehead atoms. The molecule has 0 aliphatic rings. The third-order valence-corrected chi connectivity index (χ3v) is 0. The molecule has 22 valence electrons. The van der Waals surface area contributed by atoms with Crippen LogP contribution in [-0.2, 0) is 11.8 Å². The molecule has 0 aliphatic heterocycles. The summed E-state index contributed by atoms with van der Waals surface area (Å²) < 4.78 is 6.42. The number of nitrogens with two attached hydrogens (primary N) is 1. The van der Waals surface area contributed by atoms with E-state index in [0.717, 1.165) is 0 Å². The van der Waals surface area contributed by atoms with Gasteiger partial charge in [0, 0.05) is 0 Å². The summed E-state index contributed by atoms with van der Waals surface area (Å²) in [5.74, 6) is 0. The minimum atomic E-state index is -2.56. The van der Waals surface area contributed by atoms with Crippen LogP contribution in [-0.4, -0.2) is 8.84 Å². The van der Waals surface area contributed by atoms with Crippen LogP contribution in [0.5, 0.6) is 0 Å². The molecule has 0 aromatic carbocycles. The van der Waals surface area contributed by atoms with Crippen molar-refractivity contribution in [2.45, 2.75) is 0 Å². The average molecular weight is 92.9 g/mol. The first-order valence-electron chi connectivity index (χ1n) is 1.15. The van der Waals surface area contributed by atoms with Crippen LogP contribution in [0.15, 0.2) is 0 Å². The lowest BCUT2D eigenvalue weighted by Gasteiger charge is -1.66. The van der Waals surface area contributed by atoms with Gasteiger partial charge in [-0.2, -0.15) is 0 Å². The minimum absolute atomic E-state index is 2.56. The summed E-state index contributed by atoms with van der Waals surface area (Å²) in [7, 11) is 4.72. The second-order valence-corrected chi connectivity index (χ2v) is 2.34. The summed E-state index contributed by atoms with van der Waals surface area (Å²) in [5, 5.41) is 0. The molecular weight excluding hydrogens is 87.9 g/mol. The lowest BCUT2D eigenvalue weighted by molar-refractivity contribution is 2.04. The third kappa shape index (κ3) is 16.5. The van der Waals surface area contributed by atoms with Crippen molar-refractivity contribution in [2.24, 2.45) is 5.50 Å². The highest BCUT2D eigenvalue weighted by molar-refractivity contribution is 8.15. The van der Waals surface area contributed by atoms with Crippen molar-refractivity contribution < 1.29 is 0 Å². The van der Waals surface area contributed by atoms with Gasteiger partial charge in [0.05, 0.1) is 1.28 Å². The molecule has 0 rings (SSSR count). The summed E-state index contributed by atoms with van der Waals surface area (Å²) in [4.78, 5) is 0. The standard InChI is InChI=1S/BH3NPS/c1-3(2)4/h3H,(H2,2,4)/i3T. The highest BCUT2D eigenvalue weighted by Gasteiger charge is 1.53. The van der Waals surface area contributed by atoms with Crippen LogP contribution in [0.4, 0.5) is 0 Å². The van der Waals surface area contributed by atoms with Crippen molar-refractivity contribution in [3.63, 3.8) is 0 Å². The van der Waals surface area contributed by atoms with E-state index in [4.69, 9.17) is 14.3 Å². The lowest BCUT2D eigenvalue weighted by atomic mass is 10.8. The fourth-order valence-electron chi connectivity index (χ4n) is 0. The van der Waals surface area contributed by atoms with Gasteiger partial charge in [-0.15, -0.1) is 0 Å². The van der Waals surface area contributed by atoms with Gasteiger partial charge in [-0.1, -0.05) is 18.5 Å². The second-order valence-electron chi connectivity index (χ2n) is 0.360. The highest BCUT2D eigenvalue weighted by atomic mass is 32.4. The van der Waals surface area contributed by atoms with E-state index < -0.39 is 6.67 Å². The van der Waals surface area contributed by atoms with E-state index in [1.54, 1.807) is 0 Å². The van der Waals surface area contributed by atoms with Crippen molar-refractivity contribution in [3.8, 4) is 0 Å². The smallest absolute Gasteiger partial charge is 0.139 e. The van der Waals surface area contributed by atoms with Gasteiger partial charge in [-0.3, -0.25) is 0 Å². The summed E-state index contributed by atoms with van der Waals surface area (Å²) >= 11 is 4.16. The quantitative estimate of drug-likeness (QED) is 0.326. The Morgan fingerprint density at radius 2 is 2.50 bits per heavy atom. The van der Waals surface area contributed by atoms with Crippen molar-refractivity contribution in [1.29, 1.82) is 1.28 Å². The highest BCUT2D eigenvalue weighted by Crippen LogP contribution is 1.90. The Hall–Kier alpha value is 0.675. The molecule has 0 spiro atoms. The summed E-state index contributed by atoms with van der Waals surface area (Å²) in [6, 6.07) is 0. The Kier molecular flexibility index (Phi) is 1.41. The van der Waals surface area contributed by atoms with Crippen LogP contribution in [0.2, 0.25) is 0 Å². The molecule has 4 heavy (non-hydrogen) atoms. The molecule has 0 fully saturated rings. The molecule has 0 aromatic rings. The van der Waals surface area contributed by atoms with Crippen LogP contribution < -0.4 is 5.50 Å². The van der Waals surface area contributed by atoms with Crippen molar-refractivity contribution in [1.82, 2.24) is 0 Å².